The molecule has 3 aromatic rings. The quantitative estimate of drug-likeness (QED) is 0.647. The molecule has 7 heteroatoms. The molecule has 4 rings (SSSR count). The van der Waals surface area contributed by atoms with Crippen LogP contribution in [0.2, 0.25) is 5.02 Å². The van der Waals surface area contributed by atoms with E-state index in [1.54, 1.807) is 48.2 Å². The van der Waals surface area contributed by atoms with Crippen LogP contribution in [0, 0.1) is 5.82 Å². The first kappa shape index (κ1) is 18.5. The van der Waals surface area contributed by atoms with Crippen molar-refractivity contribution in [2.75, 3.05) is 6.54 Å². The molecule has 28 heavy (non-hydrogen) atoms. The molecule has 1 aliphatic heterocycles. The van der Waals surface area contributed by atoms with E-state index in [-0.39, 0.29) is 11.7 Å². The van der Waals surface area contributed by atoms with Gasteiger partial charge < -0.3 is 14.2 Å². The standard InChI is InChI=1S/C21H18ClFN2O3/c1-13(27-17-8-4-15(22)5-9-17)21(26)25-11-10-18-19(12-25)24-28-20(18)14-2-6-16(23)7-3-14/h2-9,13H,10-12H2,1H3. The van der Waals surface area contributed by atoms with E-state index >= 15 is 0 Å². The van der Waals surface area contributed by atoms with E-state index in [0.717, 1.165) is 16.8 Å². The molecule has 2 heterocycles. The minimum Gasteiger partial charge on any atom is -0.481 e. The topological polar surface area (TPSA) is 55.6 Å². The van der Waals surface area contributed by atoms with Crippen molar-refractivity contribution in [3.8, 4) is 17.1 Å². The van der Waals surface area contributed by atoms with Gasteiger partial charge in [0.05, 0.1) is 6.54 Å². The van der Waals surface area contributed by atoms with Crippen LogP contribution in [0.1, 0.15) is 18.2 Å². The van der Waals surface area contributed by atoms with Gasteiger partial charge in [-0.15, -0.1) is 0 Å². The van der Waals surface area contributed by atoms with E-state index in [4.69, 9.17) is 20.9 Å². The van der Waals surface area contributed by atoms with Crippen LogP contribution >= 0.6 is 11.6 Å². The van der Waals surface area contributed by atoms with Crippen LogP contribution in [0.15, 0.2) is 53.1 Å². The van der Waals surface area contributed by atoms with Gasteiger partial charge in [0.1, 0.15) is 17.3 Å². The molecule has 0 aliphatic carbocycles. The number of hydrogen-bond acceptors (Lipinski definition) is 4. The van der Waals surface area contributed by atoms with Crippen molar-refractivity contribution < 1.29 is 18.4 Å². The largest absolute Gasteiger partial charge is 0.481 e. The van der Waals surface area contributed by atoms with E-state index < -0.39 is 6.10 Å². The molecular formula is C21H18ClFN2O3. The average Bonchev–Trinajstić information content (AvgIpc) is 3.13. The molecule has 0 spiro atoms. The highest BCUT2D eigenvalue weighted by Crippen LogP contribution is 2.30. The molecule has 0 saturated carbocycles. The second-order valence-electron chi connectivity index (χ2n) is 6.67. The molecule has 5 nitrogen and oxygen atoms in total. The molecule has 0 N–H and O–H groups in total. The number of nitrogens with zero attached hydrogens (tertiary/aromatic N) is 2. The normalized spacial score (nSPS) is 14.5. The molecule has 1 atom stereocenters. The van der Waals surface area contributed by atoms with Gasteiger partial charge in [-0.3, -0.25) is 4.79 Å². The SMILES string of the molecule is CC(Oc1ccc(Cl)cc1)C(=O)N1CCc2c(noc2-c2ccc(F)cc2)C1. The van der Waals surface area contributed by atoms with E-state index in [9.17, 15) is 9.18 Å². The Morgan fingerprint density at radius 1 is 1.21 bits per heavy atom. The summed E-state index contributed by atoms with van der Waals surface area (Å²) >= 11 is 5.87. The summed E-state index contributed by atoms with van der Waals surface area (Å²) < 4.78 is 24.4. The van der Waals surface area contributed by atoms with Crippen molar-refractivity contribution in [3.63, 3.8) is 0 Å². The van der Waals surface area contributed by atoms with Gasteiger partial charge >= 0.3 is 0 Å². The summed E-state index contributed by atoms with van der Waals surface area (Å²) in [6, 6.07) is 13.0. The van der Waals surface area contributed by atoms with Crippen LogP contribution in [0.4, 0.5) is 4.39 Å². The minimum absolute atomic E-state index is 0.119. The highest BCUT2D eigenvalue weighted by Gasteiger charge is 2.30. The summed E-state index contributed by atoms with van der Waals surface area (Å²) in [5, 5.41) is 4.73. The average molecular weight is 401 g/mol. The molecule has 0 bridgehead atoms. The van der Waals surface area contributed by atoms with Crippen LogP contribution < -0.4 is 4.74 Å². The highest BCUT2D eigenvalue weighted by atomic mass is 35.5. The lowest BCUT2D eigenvalue weighted by molar-refractivity contribution is -0.139. The summed E-state index contributed by atoms with van der Waals surface area (Å²) in [6.45, 7) is 2.61. The Morgan fingerprint density at radius 3 is 2.64 bits per heavy atom. The Hall–Kier alpha value is -2.86. The fraction of sp³-hybridized carbons (Fsp3) is 0.238. The van der Waals surface area contributed by atoms with Gasteiger partial charge in [0.2, 0.25) is 0 Å². The molecule has 1 aliphatic rings. The molecule has 144 valence electrons. The third kappa shape index (κ3) is 3.73. The van der Waals surface area contributed by atoms with Crippen LogP contribution in [-0.2, 0) is 17.8 Å². The second-order valence-corrected chi connectivity index (χ2v) is 7.10. The maximum Gasteiger partial charge on any atom is 0.263 e. The first-order chi connectivity index (χ1) is 13.5. The van der Waals surface area contributed by atoms with Gasteiger partial charge in [0, 0.05) is 22.7 Å². The molecule has 1 amide bonds. The third-order valence-corrected chi connectivity index (χ3v) is 4.99. The third-order valence-electron chi connectivity index (χ3n) is 4.73. The minimum atomic E-state index is -0.633. The zero-order valence-corrected chi connectivity index (χ0v) is 15.9. The number of rotatable bonds is 4. The number of carbonyl (C=O) groups excluding carboxylic acids is 1. The van der Waals surface area contributed by atoms with Gasteiger partial charge in [-0.05, 0) is 61.9 Å². The monoisotopic (exact) mass is 400 g/mol. The smallest absolute Gasteiger partial charge is 0.263 e. The van der Waals surface area contributed by atoms with Gasteiger partial charge in [0.25, 0.3) is 5.91 Å². The second kappa shape index (κ2) is 7.64. The van der Waals surface area contributed by atoms with E-state index in [0.29, 0.717) is 36.0 Å². The summed E-state index contributed by atoms with van der Waals surface area (Å²) in [6.07, 6.45) is -0.0171. The summed E-state index contributed by atoms with van der Waals surface area (Å²) in [5.74, 6) is 0.797. The summed E-state index contributed by atoms with van der Waals surface area (Å²) in [4.78, 5) is 14.5. The number of fused-ring (bicyclic) bond motifs is 1. The predicted octanol–water partition coefficient (Wildman–Crippen LogP) is 4.49. The lowest BCUT2D eigenvalue weighted by Gasteiger charge is -2.28. The highest BCUT2D eigenvalue weighted by molar-refractivity contribution is 6.30. The van der Waals surface area contributed by atoms with Crippen molar-refractivity contribution in [2.24, 2.45) is 0 Å². The Balaban J connectivity index is 1.45. The van der Waals surface area contributed by atoms with Crippen molar-refractivity contribution in [2.45, 2.75) is 26.0 Å². The number of hydrogen-bond donors (Lipinski definition) is 0. The lowest BCUT2D eigenvalue weighted by atomic mass is 10.0. The number of ether oxygens (including phenoxy) is 1. The summed E-state index contributed by atoms with van der Waals surface area (Å²) in [7, 11) is 0. The van der Waals surface area contributed by atoms with Crippen molar-refractivity contribution in [3.05, 3.63) is 70.6 Å². The predicted molar refractivity (Wildman–Crippen MR) is 103 cm³/mol. The number of amides is 1. The molecule has 0 radical (unpaired) electrons. The molecule has 2 aromatic carbocycles. The first-order valence-corrected chi connectivity index (χ1v) is 9.33. The maximum absolute atomic E-state index is 13.2. The number of benzene rings is 2. The maximum atomic E-state index is 13.2. The van der Waals surface area contributed by atoms with Crippen molar-refractivity contribution in [1.82, 2.24) is 10.1 Å². The van der Waals surface area contributed by atoms with Gasteiger partial charge in [0.15, 0.2) is 11.9 Å². The zero-order valence-electron chi connectivity index (χ0n) is 15.2. The Labute approximate surface area is 166 Å². The Bertz CT molecular complexity index is 986. The first-order valence-electron chi connectivity index (χ1n) is 8.95. The van der Waals surface area contributed by atoms with Crippen LogP contribution in [0.25, 0.3) is 11.3 Å². The number of halogens is 2. The van der Waals surface area contributed by atoms with E-state index in [1.807, 2.05) is 0 Å². The molecule has 1 unspecified atom stereocenters. The van der Waals surface area contributed by atoms with Crippen LogP contribution in [-0.4, -0.2) is 28.6 Å². The fourth-order valence-electron chi connectivity index (χ4n) is 3.27. The Kier molecular flexibility index (Phi) is 5.05. The number of carbonyl (C=O) groups is 1. The Morgan fingerprint density at radius 2 is 1.93 bits per heavy atom. The molecular weight excluding hydrogens is 383 g/mol. The molecule has 0 saturated heterocycles. The molecule has 0 fully saturated rings. The van der Waals surface area contributed by atoms with Gasteiger partial charge in [-0.25, -0.2) is 4.39 Å². The zero-order chi connectivity index (χ0) is 19.7. The van der Waals surface area contributed by atoms with E-state index in [1.165, 1.54) is 12.1 Å². The van der Waals surface area contributed by atoms with Crippen molar-refractivity contribution >= 4 is 17.5 Å². The lowest BCUT2D eigenvalue weighted by Crippen LogP contribution is -2.43. The number of aromatic nitrogens is 1. The van der Waals surface area contributed by atoms with Gasteiger partial charge in [-0.2, -0.15) is 0 Å². The van der Waals surface area contributed by atoms with Gasteiger partial charge in [-0.1, -0.05) is 16.8 Å². The van der Waals surface area contributed by atoms with Crippen molar-refractivity contribution in [1.29, 1.82) is 0 Å². The van der Waals surface area contributed by atoms with Crippen LogP contribution in [0.3, 0.4) is 0 Å². The van der Waals surface area contributed by atoms with E-state index in [2.05, 4.69) is 5.16 Å². The summed E-state index contributed by atoms with van der Waals surface area (Å²) in [5.41, 5.74) is 2.45. The molecule has 1 aromatic heterocycles. The fourth-order valence-corrected chi connectivity index (χ4v) is 3.40. The van der Waals surface area contributed by atoms with Crippen LogP contribution in [0.5, 0.6) is 5.75 Å².